The highest BCUT2D eigenvalue weighted by molar-refractivity contribution is 5.88. The van der Waals surface area contributed by atoms with E-state index >= 15 is 0 Å². The van der Waals surface area contributed by atoms with Crippen LogP contribution in [0.3, 0.4) is 0 Å². The Kier molecular flexibility index (Phi) is 10.7. The number of carbonyl (C=O) groups excluding carboxylic acids is 2. The van der Waals surface area contributed by atoms with Crippen LogP contribution in [0, 0.1) is 0 Å². The summed E-state index contributed by atoms with van der Waals surface area (Å²) < 4.78 is 11.4. The summed E-state index contributed by atoms with van der Waals surface area (Å²) in [6.07, 6.45) is 3.33. The van der Waals surface area contributed by atoms with E-state index in [0.717, 1.165) is 49.9 Å². The number of quaternary nitrogens is 1. The quantitative estimate of drug-likeness (QED) is 0.231. The first kappa shape index (κ1) is 23.6. The van der Waals surface area contributed by atoms with Crippen molar-refractivity contribution in [2.75, 3.05) is 32.8 Å². The Morgan fingerprint density at radius 1 is 0.960 bits per heavy atom. The molecule has 5 heteroatoms. The van der Waals surface area contributed by atoms with Crippen LogP contribution >= 0.6 is 0 Å². The van der Waals surface area contributed by atoms with E-state index in [1.54, 1.807) is 20.8 Å². The third kappa shape index (κ3) is 10.3. The zero-order chi connectivity index (χ0) is 19.5. The molecule has 0 radical (unpaired) electrons. The second-order valence-electron chi connectivity index (χ2n) is 7.59. The molecule has 0 unspecified atom stereocenters. The van der Waals surface area contributed by atoms with Crippen molar-refractivity contribution in [1.82, 2.24) is 0 Å². The molecule has 25 heavy (non-hydrogen) atoms. The summed E-state index contributed by atoms with van der Waals surface area (Å²) in [6.45, 7) is 20.2. The number of hydrogen-bond acceptors (Lipinski definition) is 4. The Morgan fingerprint density at radius 2 is 1.52 bits per heavy atom. The average molecular weight is 357 g/mol. The summed E-state index contributed by atoms with van der Waals surface area (Å²) in [5.41, 5.74) is -0.410. The molecule has 0 aliphatic rings. The summed E-state index contributed by atoms with van der Waals surface area (Å²) in [6, 6.07) is 0. The first-order valence-electron chi connectivity index (χ1n) is 9.51. The van der Waals surface area contributed by atoms with Gasteiger partial charge in [0.05, 0.1) is 31.8 Å². The largest absolute Gasteiger partial charge is 0.461 e. The molecule has 5 nitrogen and oxygen atoms in total. The first-order chi connectivity index (χ1) is 11.6. The van der Waals surface area contributed by atoms with Crippen molar-refractivity contribution in [3.05, 3.63) is 12.2 Å². The van der Waals surface area contributed by atoms with Crippen LogP contribution in [0.15, 0.2) is 12.2 Å². The van der Waals surface area contributed by atoms with E-state index < -0.39 is 11.6 Å². The monoisotopic (exact) mass is 356 g/mol. The van der Waals surface area contributed by atoms with Crippen molar-refractivity contribution in [2.24, 2.45) is 0 Å². The van der Waals surface area contributed by atoms with Crippen LogP contribution in [0.4, 0.5) is 0 Å². The minimum absolute atomic E-state index is 0.102. The van der Waals surface area contributed by atoms with Crippen molar-refractivity contribution in [1.29, 1.82) is 0 Å². The summed E-state index contributed by atoms with van der Waals surface area (Å²) in [7, 11) is 0. The molecular formula is C20H38NO4+. The topological polar surface area (TPSA) is 52.6 Å². The van der Waals surface area contributed by atoms with E-state index in [1.165, 1.54) is 0 Å². The summed E-state index contributed by atoms with van der Waals surface area (Å²) in [5.74, 6) is -0.806. The van der Waals surface area contributed by atoms with Crippen molar-refractivity contribution in [2.45, 2.75) is 72.8 Å². The van der Waals surface area contributed by atoms with Gasteiger partial charge in [-0.05, 0) is 60.8 Å². The standard InChI is InChI=1S/C20H38NO4/c1-8-21(9-2,10-3)15-13-11-12-14-18(22)24-16-17(4)19(23)25-20(5,6)7/h4,8-16H2,1-3,5-7H3/q+1. The van der Waals surface area contributed by atoms with E-state index in [9.17, 15) is 9.59 Å². The molecule has 0 bridgehead atoms. The highest BCUT2D eigenvalue weighted by Gasteiger charge is 2.20. The number of ether oxygens (including phenoxy) is 2. The predicted octanol–water partition coefficient (Wildman–Crippen LogP) is 3.86. The molecule has 0 aromatic rings. The molecule has 0 atom stereocenters. The van der Waals surface area contributed by atoms with E-state index in [1.807, 2.05) is 0 Å². The lowest BCUT2D eigenvalue weighted by Crippen LogP contribution is -2.48. The summed E-state index contributed by atoms with van der Waals surface area (Å²) in [5, 5.41) is 0. The van der Waals surface area contributed by atoms with Crippen LogP contribution in [0.1, 0.15) is 67.2 Å². The van der Waals surface area contributed by atoms with Gasteiger partial charge in [0.15, 0.2) is 0 Å². The Balaban J connectivity index is 3.95. The third-order valence-electron chi connectivity index (χ3n) is 4.62. The molecule has 0 aromatic carbocycles. The van der Waals surface area contributed by atoms with Gasteiger partial charge in [-0.1, -0.05) is 6.58 Å². The van der Waals surface area contributed by atoms with Crippen molar-refractivity contribution in [3.8, 4) is 0 Å². The van der Waals surface area contributed by atoms with Crippen LogP contribution in [0.2, 0.25) is 0 Å². The van der Waals surface area contributed by atoms with Crippen molar-refractivity contribution < 1.29 is 23.5 Å². The molecule has 0 saturated carbocycles. The lowest BCUT2D eigenvalue weighted by Gasteiger charge is -2.35. The SMILES string of the molecule is C=C(COC(=O)CCCCC[N+](CC)(CC)CC)C(=O)OC(C)(C)C. The fourth-order valence-corrected chi connectivity index (χ4v) is 2.69. The molecule has 0 rings (SSSR count). The lowest BCUT2D eigenvalue weighted by molar-refractivity contribution is -0.923. The Hall–Kier alpha value is -1.36. The molecule has 0 amide bonds. The number of esters is 2. The van der Waals surface area contributed by atoms with Gasteiger partial charge < -0.3 is 14.0 Å². The molecule has 0 heterocycles. The minimum atomic E-state index is -0.576. The predicted molar refractivity (Wildman–Crippen MR) is 101 cm³/mol. The van der Waals surface area contributed by atoms with E-state index in [0.29, 0.717) is 6.42 Å². The van der Waals surface area contributed by atoms with Crippen LogP contribution in [0.25, 0.3) is 0 Å². The summed E-state index contributed by atoms with van der Waals surface area (Å²) in [4.78, 5) is 23.5. The van der Waals surface area contributed by atoms with E-state index in [4.69, 9.17) is 9.47 Å². The van der Waals surface area contributed by atoms with Gasteiger partial charge in [0.1, 0.15) is 12.2 Å². The maximum atomic E-state index is 11.8. The number of hydrogen-bond donors (Lipinski definition) is 0. The lowest BCUT2D eigenvalue weighted by atomic mass is 10.1. The number of rotatable bonds is 12. The summed E-state index contributed by atoms with van der Waals surface area (Å²) >= 11 is 0. The Bertz CT molecular complexity index is 425. The van der Waals surface area contributed by atoms with Gasteiger partial charge in [0.25, 0.3) is 0 Å². The van der Waals surface area contributed by atoms with Gasteiger partial charge in [-0.15, -0.1) is 0 Å². The Labute approximate surface area is 154 Å². The van der Waals surface area contributed by atoms with Gasteiger partial charge in [-0.3, -0.25) is 4.79 Å². The normalized spacial score (nSPS) is 11.9. The molecule has 0 aliphatic carbocycles. The molecular weight excluding hydrogens is 318 g/mol. The first-order valence-corrected chi connectivity index (χ1v) is 9.51. The molecule has 0 spiro atoms. The van der Waals surface area contributed by atoms with Gasteiger partial charge >= 0.3 is 11.9 Å². The smallest absolute Gasteiger partial charge is 0.337 e. The number of carbonyl (C=O) groups is 2. The van der Waals surface area contributed by atoms with Crippen molar-refractivity contribution >= 4 is 11.9 Å². The van der Waals surface area contributed by atoms with Gasteiger partial charge in [0, 0.05) is 6.42 Å². The Morgan fingerprint density at radius 3 is 2.00 bits per heavy atom. The molecule has 0 N–H and O–H groups in total. The maximum absolute atomic E-state index is 11.8. The second-order valence-corrected chi connectivity index (χ2v) is 7.59. The van der Waals surface area contributed by atoms with Crippen LogP contribution in [0.5, 0.6) is 0 Å². The molecule has 0 aromatic heterocycles. The molecule has 0 aliphatic heterocycles. The van der Waals surface area contributed by atoms with E-state index in [2.05, 4.69) is 27.4 Å². The highest BCUT2D eigenvalue weighted by Crippen LogP contribution is 2.12. The average Bonchev–Trinajstić information content (AvgIpc) is 2.55. The van der Waals surface area contributed by atoms with Gasteiger partial charge in [-0.2, -0.15) is 0 Å². The fraction of sp³-hybridized carbons (Fsp3) is 0.800. The van der Waals surface area contributed by atoms with Crippen LogP contribution < -0.4 is 0 Å². The molecule has 146 valence electrons. The molecule has 0 fully saturated rings. The second kappa shape index (κ2) is 11.3. The van der Waals surface area contributed by atoms with Crippen molar-refractivity contribution in [3.63, 3.8) is 0 Å². The van der Waals surface area contributed by atoms with Crippen LogP contribution in [-0.2, 0) is 19.1 Å². The number of unbranched alkanes of at least 4 members (excludes halogenated alkanes) is 2. The maximum Gasteiger partial charge on any atom is 0.337 e. The molecule has 0 saturated heterocycles. The number of nitrogens with zero attached hydrogens (tertiary/aromatic N) is 1. The third-order valence-corrected chi connectivity index (χ3v) is 4.62. The highest BCUT2D eigenvalue weighted by atomic mass is 16.6. The van der Waals surface area contributed by atoms with Crippen LogP contribution in [-0.4, -0.2) is 54.8 Å². The zero-order valence-electron chi connectivity index (χ0n) is 17.2. The van der Waals surface area contributed by atoms with E-state index in [-0.39, 0.29) is 18.1 Å². The van der Waals surface area contributed by atoms with Gasteiger partial charge in [0.2, 0.25) is 0 Å². The van der Waals surface area contributed by atoms with Gasteiger partial charge in [-0.25, -0.2) is 4.79 Å². The minimum Gasteiger partial charge on any atom is -0.461 e. The zero-order valence-corrected chi connectivity index (χ0v) is 17.2. The fourth-order valence-electron chi connectivity index (χ4n) is 2.69.